The van der Waals surface area contributed by atoms with E-state index < -0.39 is 22.4 Å². The molecule has 6 aromatic carbocycles. The van der Waals surface area contributed by atoms with Gasteiger partial charge in [0.2, 0.25) is 11.3 Å². The summed E-state index contributed by atoms with van der Waals surface area (Å²) in [4.78, 5) is 28.5. The minimum absolute atomic E-state index is 0.0393. The van der Waals surface area contributed by atoms with Crippen LogP contribution in [-0.2, 0) is 4.79 Å². The van der Waals surface area contributed by atoms with Crippen molar-refractivity contribution in [3.8, 4) is 34.5 Å². The minimum atomic E-state index is -0.501. The molecule has 2 aliphatic rings. The number of methoxy groups -OCH3 is 4. The van der Waals surface area contributed by atoms with Crippen molar-refractivity contribution >= 4 is 62.5 Å². The molecular formula is C57H64F5N10O8+. The third-order valence-electron chi connectivity index (χ3n) is 10.7. The van der Waals surface area contributed by atoms with E-state index in [9.17, 15) is 36.9 Å². The van der Waals surface area contributed by atoms with Crippen LogP contribution in [-0.4, -0.2) is 70.4 Å². The molecule has 1 aliphatic heterocycles. The van der Waals surface area contributed by atoms with Gasteiger partial charge in [0.25, 0.3) is 5.69 Å². The number of ether oxygens (including phenoxy) is 4. The summed E-state index contributed by atoms with van der Waals surface area (Å²) in [6.45, 7) is 13.8. The average Bonchev–Trinajstić information content (AvgIpc) is 3.44. The highest BCUT2D eigenvalue weighted by molar-refractivity contribution is 5.89. The molecule has 1 amide bonds. The number of nitro benzene ring substituents is 1. The van der Waals surface area contributed by atoms with Gasteiger partial charge in [-0.25, -0.2) is 31.9 Å². The molecule has 0 bridgehead atoms. The van der Waals surface area contributed by atoms with Gasteiger partial charge in [0.05, 0.1) is 73.6 Å². The molecule has 0 radical (unpaired) electrons. The molecule has 80 heavy (non-hydrogen) atoms. The Morgan fingerprint density at radius 3 is 1.70 bits per heavy atom. The molecule has 0 spiro atoms. The Bertz CT molecular complexity index is 3400. The summed E-state index contributed by atoms with van der Waals surface area (Å²) in [5.74, 6) is 0.539. The van der Waals surface area contributed by atoms with E-state index in [0.29, 0.717) is 82.2 Å². The molecule has 7 N–H and O–H groups in total. The first-order chi connectivity index (χ1) is 38.3. The molecule has 8 rings (SSSR count). The van der Waals surface area contributed by atoms with Crippen molar-refractivity contribution in [2.75, 3.05) is 81.6 Å². The zero-order chi connectivity index (χ0) is 58.9. The number of anilines is 5. The molecular weight excluding hydrogens is 1050 g/mol. The molecule has 424 valence electrons. The summed E-state index contributed by atoms with van der Waals surface area (Å²) in [5, 5.41) is 30.6. The third-order valence-corrected chi connectivity index (χ3v) is 10.7. The molecule has 0 fully saturated rings. The molecule has 0 unspecified atom stereocenters. The molecule has 0 atom stereocenters. The number of benzene rings is 7. The normalized spacial score (nSPS) is 10.6. The molecule has 0 aromatic heterocycles. The van der Waals surface area contributed by atoms with Gasteiger partial charge in [0.15, 0.2) is 11.3 Å². The average molecular weight is 1110 g/mol. The van der Waals surface area contributed by atoms with Gasteiger partial charge in [-0.3, -0.25) is 14.9 Å². The van der Waals surface area contributed by atoms with E-state index in [2.05, 4.69) is 41.5 Å². The Morgan fingerprint density at radius 2 is 1.18 bits per heavy atom. The summed E-state index contributed by atoms with van der Waals surface area (Å²) < 4.78 is 92.1. The van der Waals surface area contributed by atoms with Gasteiger partial charge in [-0.15, -0.1) is 5.11 Å². The number of carbonyl (C=O) groups excluding carboxylic acids is 1. The molecule has 6 aromatic rings. The zero-order valence-electron chi connectivity index (χ0n) is 45.8. The van der Waals surface area contributed by atoms with E-state index >= 15 is 0 Å². The highest BCUT2D eigenvalue weighted by Gasteiger charge is 2.15. The Kier molecular flexibility index (Phi) is 24.9. The van der Waals surface area contributed by atoms with Crippen molar-refractivity contribution in [2.45, 2.75) is 41.5 Å². The summed E-state index contributed by atoms with van der Waals surface area (Å²) >= 11 is 0. The van der Waals surface area contributed by atoms with Gasteiger partial charge in [-0.2, -0.15) is 5.11 Å². The summed E-state index contributed by atoms with van der Waals surface area (Å²) in [6.07, 6.45) is 0. The molecule has 1 aliphatic carbocycles. The number of nitrogen functional groups attached to an aromatic ring is 1. The van der Waals surface area contributed by atoms with Crippen molar-refractivity contribution in [1.82, 2.24) is 4.98 Å². The molecule has 23 heteroatoms. The molecule has 0 saturated heterocycles. The fourth-order valence-electron chi connectivity index (χ4n) is 6.89. The third kappa shape index (κ3) is 18.9. The summed E-state index contributed by atoms with van der Waals surface area (Å²) in [7, 11) is 5.99. The maximum atomic E-state index is 14.0. The number of amides is 1. The van der Waals surface area contributed by atoms with Gasteiger partial charge < -0.3 is 50.4 Å². The van der Waals surface area contributed by atoms with E-state index in [1.165, 1.54) is 113 Å². The van der Waals surface area contributed by atoms with Crippen LogP contribution in [0.4, 0.5) is 67.5 Å². The van der Waals surface area contributed by atoms with E-state index in [4.69, 9.17) is 29.1 Å². The Labute approximate surface area is 459 Å². The summed E-state index contributed by atoms with van der Waals surface area (Å²) in [6, 6.07) is 28.2. The Hall–Kier alpha value is -9.54. The monoisotopic (exact) mass is 1110 g/mol. The maximum Gasteiger partial charge on any atom is 0.269 e. The zero-order valence-corrected chi connectivity index (χ0v) is 45.8. The van der Waals surface area contributed by atoms with Gasteiger partial charge >= 0.3 is 0 Å². The van der Waals surface area contributed by atoms with E-state index in [0.717, 1.165) is 23.2 Å². The van der Waals surface area contributed by atoms with Crippen LogP contribution < -0.4 is 56.3 Å². The second-order valence-electron chi connectivity index (χ2n) is 16.5. The first kappa shape index (κ1) is 63.0. The fourth-order valence-corrected chi connectivity index (χ4v) is 6.89. The number of azo groups is 1. The molecule has 18 nitrogen and oxygen atoms in total. The van der Waals surface area contributed by atoms with Crippen molar-refractivity contribution in [3.63, 3.8) is 0 Å². The van der Waals surface area contributed by atoms with Crippen molar-refractivity contribution in [3.05, 3.63) is 165 Å². The number of halogens is 5. The Balaban J connectivity index is 0.000000224. The minimum Gasteiger partial charge on any atom is -0.497 e. The van der Waals surface area contributed by atoms with Crippen LogP contribution in [0, 0.1) is 46.1 Å². The van der Waals surface area contributed by atoms with Crippen LogP contribution >= 0.6 is 0 Å². The van der Waals surface area contributed by atoms with Gasteiger partial charge in [0.1, 0.15) is 75.5 Å². The lowest BCUT2D eigenvalue weighted by molar-refractivity contribution is -0.496. The lowest BCUT2D eigenvalue weighted by atomic mass is 10.1. The van der Waals surface area contributed by atoms with Crippen LogP contribution in [0.2, 0.25) is 0 Å². The maximum absolute atomic E-state index is 14.0. The van der Waals surface area contributed by atoms with Gasteiger partial charge in [-0.1, -0.05) is 0 Å². The van der Waals surface area contributed by atoms with Crippen molar-refractivity contribution < 1.29 is 60.0 Å². The number of nitrogens with two attached hydrogens (primary N) is 1. The number of hydrogen-bond donors (Lipinski definition) is 6. The van der Waals surface area contributed by atoms with E-state index in [-0.39, 0.29) is 40.3 Å². The number of aromatic nitrogens is 1. The number of hydrogen-bond acceptors (Lipinski definition) is 15. The number of nitro groups is 1. The van der Waals surface area contributed by atoms with Crippen LogP contribution in [0.1, 0.15) is 40.2 Å². The number of carbonyl (C=O) groups is 1. The van der Waals surface area contributed by atoms with Crippen molar-refractivity contribution in [2.24, 2.45) is 10.2 Å². The number of non-ortho nitro benzene ring substituents is 1. The molecule has 0 saturated carbocycles. The van der Waals surface area contributed by atoms with E-state index in [1.54, 1.807) is 25.3 Å². The number of aryl methyl sites for hydroxylation is 1. The smallest absolute Gasteiger partial charge is 0.269 e. The van der Waals surface area contributed by atoms with Gasteiger partial charge in [-0.05, 0) is 89.2 Å². The van der Waals surface area contributed by atoms with Crippen LogP contribution in [0.25, 0.3) is 22.6 Å². The topological polar surface area (TPSA) is 236 Å². The highest BCUT2D eigenvalue weighted by Crippen LogP contribution is 2.35. The lowest BCUT2D eigenvalue weighted by Crippen LogP contribution is -2.76. The predicted octanol–water partition coefficient (Wildman–Crippen LogP) is 11.9. The standard InChI is InChI=1S/C17H18FN3O.C15H15FN4O3.C9H10FNO2.C9H12FNO.C7H8FNO/c1-4-19-12-8-16-14(6-10(12)3)21-15-7-11(18)13(20-5-2)9-17(15)22-16;1-3-17-13-9-15(23-2)14(8-12(13)16)19-18-10-4-6-11(7-5-10)20(21)22;1-6(12)11-9-5-7(13-2)3-4-8(9)10;1-3-11-9-6-7(12-2)4-5-8(9)10;1-10-5-2-3-6(8)7(9)4-5/h6-9,20H,4-5H2,1-3H3;4-9,17H,3H2,1-2H3;3-5H,1-2H3,(H,11,12);4-6,11H,3H2,1-2H3;2-4H,9H2,1H3/p+1. The van der Waals surface area contributed by atoms with Gasteiger partial charge in [0, 0.05) is 86.7 Å². The van der Waals surface area contributed by atoms with E-state index in [1.807, 2.05) is 46.8 Å². The predicted molar refractivity (Wildman–Crippen MR) is 300 cm³/mol. The van der Waals surface area contributed by atoms with Crippen LogP contribution in [0.3, 0.4) is 0 Å². The summed E-state index contributed by atoms with van der Waals surface area (Å²) in [5.41, 5.74) is 10.2. The number of rotatable bonds is 15. The number of nitrogens with zero attached hydrogens (tertiary/aromatic N) is 4. The highest BCUT2D eigenvalue weighted by atomic mass is 19.1. The quantitative estimate of drug-likeness (QED) is 0.0140. The number of fused-ring (bicyclic) bond motifs is 2. The largest absolute Gasteiger partial charge is 0.497 e. The SMILES string of the molecule is CCNc1cc(OC)c(N=Nc2ccc([N+](=O)[O-])cc2)cc1F.CCNc1cc(OC)ccc1F.CCNc1cc2oc3cc(=[NH+]CC)c(C)cc-3nc2cc1F.COc1ccc(F)c(N)c1.COc1ccc(F)c(NC(C)=O)c1. The van der Waals surface area contributed by atoms with Crippen LogP contribution in [0.15, 0.2) is 130 Å². The van der Waals surface area contributed by atoms with Crippen LogP contribution in [0.5, 0.6) is 23.0 Å². The number of nitrogens with one attached hydrogen (secondary N) is 5. The molecule has 1 heterocycles. The second kappa shape index (κ2) is 31.6. The fraction of sp³-hybridized carbons (Fsp3) is 0.246. The first-order valence-electron chi connectivity index (χ1n) is 24.7. The first-order valence-corrected chi connectivity index (χ1v) is 24.7. The Morgan fingerprint density at radius 1 is 0.650 bits per heavy atom. The lowest BCUT2D eigenvalue weighted by Gasteiger charge is -2.09. The van der Waals surface area contributed by atoms with Crippen molar-refractivity contribution in [1.29, 1.82) is 0 Å². The second-order valence-corrected chi connectivity index (χ2v) is 16.5.